The largest absolute Gasteiger partial charge is 0.872 e. The third-order valence-corrected chi connectivity index (χ3v) is 6.40. The van der Waals surface area contributed by atoms with Crippen molar-refractivity contribution in [1.29, 1.82) is 0 Å². The lowest BCUT2D eigenvalue weighted by Crippen LogP contribution is -3.14. The summed E-state index contributed by atoms with van der Waals surface area (Å²) in [5.74, 6) is -0.662. The molecular weight excluding hydrogens is 460 g/mol. The molecule has 1 atom stereocenters. The first-order valence-electron chi connectivity index (χ1n) is 12.3. The maximum absolute atomic E-state index is 13.6. The third kappa shape index (κ3) is 5.61. The van der Waals surface area contributed by atoms with Gasteiger partial charge in [0.15, 0.2) is 0 Å². The highest BCUT2D eigenvalue weighted by Crippen LogP contribution is 2.39. The van der Waals surface area contributed by atoms with Crippen LogP contribution in [0.2, 0.25) is 0 Å². The van der Waals surface area contributed by atoms with Crippen LogP contribution in [0.25, 0.3) is 5.76 Å². The van der Waals surface area contributed by atoms with Crippen molar-refractivity contribution in [3.05, 3.63) is 77.9 Å². The number of carbonyl (C=O) groups is 2. The minimum atomic E-state index is -0.795. The van der Waals surface area contributed by atoms with Gasteiger partial charge in [-0.05, 0) is 42.3 Å². The Kier molecular flexibility index (Phi) is 8.40. The summed E-state index contributed by atoms with van der Waals surface area (Å²) in [7, 11) is 0. The van der Waals surface area contributed by atoms with Gasteiger partial charge in [0.25, 0.3) is 5.91 Å². The van der Waals surface area contributed by atoms with Crippen LogP contribution in [0.5, 0.6) is 11.5 Å². The van der Waals surface area contributed by atoms with E-state index in [1.807, 2.05) is 13.0 Å². The Morgan fingerprint density at radius 2 is 1.89 bits per heavy atom. The van der Waals surface area contributed by atoms with E-state index in [0.29, 0.717) is 62.1 Å². The van der Waals surface area contributed by atoms with E-state index in [9.17, 15) is 14.7 Å². The molecule has 2 aliphatic rings. The van der Waals surface area contributed by atoms with E-state index < -0.39 is 23.5 Å². The van der Waals surface area contributed by atoms with Crippen molar-refractivity contribution in [2.24, 2.45) is 0 Å². The zero-order valence-corrected chi connectivity index (χ0v) is 20.5. The number of likely N-dealkylation sites (tertiary alicyclic amines) is 1. The van der Waals surface area contributed by atoms with Gasteiger partial charge in [-0.1, -0.05) is 42.7 Å². The van der Waals surface area contributed by atoms with Crippen molar-refractivity contribution in [1.82, 2.24) is 4.90 Å². The lowest BCUT2D eigenvalue weighted by Gasteiger charge is -2.30. The number of nitrogens with zero attached hydrogens (tertiary/aromatic N) is 1. The lowest BCUT2D eigenvalue weighted by molar-refractivity contribution is -0.907. The Hall–Kier alpha value is -3.62. The number of ether oxygens (including phenoxy) is 3. The average Bonchev–Trinajstić information content (AvgIpc) is 3.16. The minimum Gasteiger partial charge on any atom is -0.872 e. The van der Waals surface area contributed by atoms with Gasteiger partial charge in [0, 0.05) is 5.57 Å². The van der Waals surface area contributed by atoms with Crippen LogP contribution in [0.1, 0.15) is 24.1 Å². The monoisotopic (exact) mass is 492 g/mol. The van der Waals surface area contributed by atoms with E-state index in [4.69, 9.17) is 14.2 Å². The van der Waals surface area contributed by atoms with Crippen LogP contribution < -0.4 is 19.5 Å². The summed E-state index contributed by atoms with van der Waals surface area (Å²) < 4.78 is 16.6. The fourth-order valence-corrected chi connectivity index (χ4v) is 4.59. The van der Waals surface area contributed by atoms with Crippen LogP contribution >= 0.6 is 0 Å². The number of Topliss-reactive ketones (excluding diaryl/α,β-unsaturated/α-hetero) is 1. The summed E-state index contributed by atoms with van der Waals surface area (Å²) in [6, 6.07) is 13.0. The van der Waals surface area contributed by atoms with Crippen LogP contribution in [-0.2, 0) is 14.3 Å². The molecule has 1 amide bonds. The van der Waals surface area contributed by atoms with Crippen molar-refractivity contribution < 1.29 is 33.8 Å². The number of carbonyl (C=O) groups excluding carboxylic acids is 2. The topological polar surface area (TPSA) is 92.6 Å². The fourth-order valence-electron chi connectivity index (χ4n) is 4.59. The summed E-state index contributed by atoms with van der Waals surface area (Å²) in [4.78, 5) is 29.3. The van der Waals surface area contributed by atoms with Gasteiger partial charge >= 0.3 is 0 Å². The second-order valence-corrected chi connectivity index (χ2v) is 8.71. The molecule has 2 aliphatic heterocycles. The SMILES string of the molecule is C=CCOc1cccc(C2/C(=C(\[O-])c3ccc(OCC)cc3)C(=O)C(=O)N2CC[NH+]2CCOCC2)c1. The van der Waals surface area contributed by atoms with E-state index in [2.05, 4.69) is 6.58 Å². The van der Waals surface area contributed by atoms with Crippen LogP contribution in [0, 0.1) is 0 Å². The molecule has 2 heterocycles. The Bertz CT molecular complexity index is 1120. The Labute approximate surface area is 211 Å². The molecule has 2 saturated heterocycles. The quantitative estimate of drug-likeness (QED) is 0.228. The molecule has 0 aromatic heterocycles. The molecule has 0 spiro atoms. The zero-order chi connectivity index (χ0) is 25.5. The van der Waals surface area contributed by atoms with Crippen molar-refractivity contribution in [3.63, 3.8) is 0 Å². The molecule has 36 heavy (non-hydrogen) atoms. The first-order chi connectivity index (χ1) is 17.5. The number of quaternary nitrogens is 1. The van der Waals surface area contributed by atoms with Crippen LogP contribution in [0.4, 0.5) is 0 Å². The molecule has 0 aliphatic carbocycles. The highest BCUT2D eigenvalue weighted by molar-refractivity contribution is 6.46. The molecule has 1 unspecified atom stereocenters. The Morgan fingerprint density at radius 3 is 2.58 bits per heavy atom. The van der Waals surface area contributed by atoms with Gasteiger partial charge in [-0.25, -0.2) is 0 Å². The van der Waals surface area contributed by atoms with Gasteiger partial charge < -0.3 is 29.1 Å². The molecule has 8 heteroatoms. The molecule has 1 N–H and O–H groups in total. The van der Waals surface area contributed by atoms with E-state index in [1.54, 1.807) is 48.5 Å². The second-order valence-electron chi connectivity index (χ2n) is 8.71. The third-order valence-electron chi connectivity index (χ3n) is 6.40. The summed E-state index contributed by atoms with van der Waals surface area (Å²) in [6.45, 7) is 10.4. The summed E-state index contributed by atoms with van der Waals surface area (Å²) >= 11 is 0. The average molecular weight is 493 g/mol. The second kappa shape index (κ2) is 11.9. The molecule has 190 valence electrons. The van der Waals surface area contributed by atoms with Crippen LogP contribution in [0.15, 0.2) is 66.8 Å². The smallest absolute Gasteiger partial charge is 0.295 e. The molecule has 2 aromatic carbocycles. The fraction of sp³-hybridized carbons (Fsp3) is 0.357. The predicted octanol–water partition coefficient (Wildman–Crippen LogP) is 0.789. The highest BCUT2D eigenvalue weighted by Gasteiger charge is 2.44. The zero-order valence-electron chi connectivity index (χ0n) is 20.5. The molecule has 0 saturated carbocycles. The number of ketones is 1. The summed E-state index contributed by atoms with van der Waals surface area (Å²) in [5.41, 5.74) is 0.948. The Balaban J connectivity index is 1.72. The molecule has 0 radical (unpaired) electrons. The molecule has 4 rings (SSSR count). The maximum Gasteiger partial charge on any atom is 0.295 e. The first kappa shape index (κ1) is 25.5. The van der Waals surface area contributed by atoms with E-state index in [0.717, 1.165) is 13.1 Å². The lowest BCUT2D eigenvalue weighted by atomic mass is 9.95. The van der Waals surface area contributed by atoms with Gasteiger partial charge in [0.05, 0.1) is 39.0 Å². The number of hydrogen-bond donors (Lipinski definition) is 1. The van der Waals surface area contributed by atoms with Crippen LogP contribution in [-0.4, -0.2) is 69.2 Å². The van der Waals surface area contributed by atoms with Crippen molar-refractivity contribution >= 4 is 17.4 Å². The summed E-state index contributed by atoms with van der Waals surface area (Å²) in [5, 5.41) is 13.6. The van der Waals surface area contributed by atoms with E-state index in [-0.39, 0.29) is 5.57 Å². The minimum absolute atomic E-state index is 0.0398. The van der Waals surface area contributed by atoms with Gasteiger partial charge in [-0.2, -0.15) is 0 Å². The van der Waals surface area contributed by atoms with E-state index in [1.165, 1.54) is 9.80 Å². The number of amides is 1. The van der Waals surface area contributed by atoms with Crippen molar-refractivity contribution in [3.8, 4) is 11.5 Å². The molecule has 0 bridgehead atoms. The standard InChI is InChI=1S/C28H32N2O6/c1-3-16-36-23-7-5-6-21(19-23)25-24(26(31)20-8-10-22(11-9-20)35-4-2)27(32)28(33)30(25)13-12-29-14-17-34-18-15-29/h3,5-11,19,25,31H,1,4,12-18H2,2H3/b26-24+. The number of hydrogen-bond acceptors (Lipinski definition) is 6. The predicted molar refractivity (Wildman–Crippen MR) is 133 cm³/mol. The van der Waals surface area contributed by atoms with E-state index >= 15 is 0 Å². The molecule has 2 aromatic rings. The number of nitrogens with one attached hydrogen (secondary N) is 1. The number of morpholine rings is 1. The highest BCUT2D eigenvalue weighted by atomic mass is 16.5. The van der Waals surface area contributed by atoms with Crippen LogP contribution in [0.3, 0.4) is 0 Å². The maximum atomic E-state index is 13.6. The Morgan fingerprint density at radius 1 is 1.14 bits per heavy atom. The van der Waals surface area contributed by atoms with Gasteiger partial charge in [0.1, 0.15) is 31.2 Å². The van der Waals surface area contributed by atoms with Crippen molar-refractivity contribution in [2.45, 2.75) is 13.0 Å². The normalized spacial score (nSPS) is 19.9. The van der Waals surface area contributed by atoms with Gasteiger partial charge in [-0.15, -0.1) is 0 Å². The molecule has 8 nitrogen and oxygen atoms in total. The number of rotatable bonds is 10. The number of benzene rings is 2. The molecular formula is C28H32N2O6. The van der Waals surface area contributed by atoms with Gasteiger partial charge in [0.2, 0.25) is 5.78 Å². The summed E-state index contributed by atoms with van der Waals surface area (Å²) in [6.07, 6.45) is 1.64. The van der Waals surface area contributed by atoms with Crippen molar-refractivity contribution in [2.75, 3.05) is 52.6 Å². The molecule has 2 fully saturated rings. The van der Waals surface area contributed by atoms with Gasteiger partial charge in [-0.3, -0.25) is 9.59 Å². The first-order valence-corrected chi connectivity index (χ1v) is 12.3.